The van der Waals surface area contributed by atoms with E-state index in [1.807, 2.05) is 12.1 Å². The first kappa shape index (κ1) is 16.2. The Bertz CT molecular complexity index is 1010. The first-order chi connectivity index (χ1) is 12.9. The molecule has 0 amide bonds. The van der Waals surface area contributed by atoms with Gasteiger partial charge in [0.1, 0.15) is 5.76 Å². The van der Waals surface area contributed by atoms with Crippen molar-refractivity contribution in [2.75, 3.05) is 7.11 Å². The predicted octanol–water partition coefficient (Wildman–Crippen LogP) is 6.40. The molecule has 0 unspecified atom stereocenters. The number of hydrogen-bond donors (Lipinski definition) is 0. The van der Waals surface area contributed by atoms with Crippen molar-refractivity contribution in [1.29, 1.82) is 0 Å². The molecule has 0 saturated heterocycles. The van der Waals surface area contributed by atoms with Gasteiger partial charge in [-0.25, -0.2) is 0 Å². The molecule has 0 heterocycles. The molecule has 0 aliphatic carbocycles. The Hall–Kier alpha value is -3.32. The minimum atomic E-state index is 0.883. The number of hydrogen-bond acceptors (Lipinski definition) is 1. The van der Waals surface area contributed by atoms with Crippen molar-refractivity contribution in [2.24, 2.45) is 0 Å². The Kier molecular flexibility index (Phi) is 4.53. The molecule has 0 fully saturated rings. The van der Waals surface area contributed by atoms with Gasteiger partial charge in [0.05, 0.1) is 7.11 Å². The van der Waals surface area contributed by atoms with Crippen LogP contribution in [0.4, 0.5) is 0 Å². The highest BCUT2D eigenvalue weighted by Gasteiger charge is 2.15. The molecule has 1 heteroatoms. The van der Waals surface area contributed by atoms with Gasteiger partial charge in [0.15, 0.2) is 0 Å². The highest BCUT2D eigenvalue weighted by atomic mass is 16.5. The highest BCUT2D eigenvalue weighted by molar-refractivity contribution is 5.98. The van der Waals surface area contributed by atoms with E-state index in [0.29, 0.717) is 0 Å². The summed E-state index contributed by atoms with van der Waals surface area (Å²) in [4.78, 5) is 0. The summed E-state index contributed by atoms with van der Waals surface area (Å²) in [6, 6.07) is 35.7. The van der Waals surface area contributed by atoms with Crippen LogP contribution in [0, 0.1) is 0 Å². The Morgan fingerprint density at radius 2 is 1.08 bits per heavy atom. The van der Waals surface area contributed by atoms with Crippen molar-refractivity contribution in [1.82, 2.24) is 0 Å². The Balaban J connectivity index is 1.98. The number of rotatable bonds is 4. The van der Waals surface area contributed by atoms with Crippen LogP contribution in [0.3, 0.4) is 0 Å². The van der Waals surface area contributed by atoms with Crippen LogP contribution in [0.1, 0.15) is 16.7 Å². The molecule has 0 aliphatic rings. The van der Waals surface area contributed by atoms with Gasteiger partial charge in [-0.15, -0.1) is 0 Å². The molecule has 0 atom stereocenters. The van der Waals surface area contributed by atoms with Gasteiger partial charge in [0, 0.05) is 11.1 Å². The molecule has 0 aliphatic heterocycles. The lowest BCUT2D eigenvalue weighted by Gasteiger charge is -2.16. The second-order valence-electron chi connectivity index (χ2n) is 6.20. The summed E-state index contributed by atoms with van der Waals surface area (Å²) in [5.74, 6) is 0.883. The molecule has 0 saturated carbocycles. The third kappa shape index (κ3) is 3.12. The van der Waals surface area contributed by atoms with Crippen LogP contribution in [-0.4, -0.2) is 7.11 Å². The van der Waals surface area contributed by atoms with Crippen molar-refractivity contribution in [2.45, 2.75) is 0 Å². The average molecular weight is 336 g/mol. The van der Waals surface area contributed by atoms with E-state index in [9.17, 15) is 0 Å². The summed E-state index contributed by atoms with van der Waals surface area (Å²) in [7, 11) is 1.75. The van der Waals surface area contributed by atoms with E-state index in [1.54, 1.807) is 7.11 Å². The van der Waals surface area contributed by atoms with Gasteiger partial charge >= 0.3 is 0 Å². The summed E-state index contributed by atoms with van der Waals surface area (Å²) in [6.45, 7) is 0. The van der Waals surface area contributed by atoms with E-state index < -0.39 is 0 Å². The molecular weight excluding hydrogens is 316 g/mol. The molecule has 0 bridgehead atoms. The quantitative estimate of drug-likeness (QED) is 0.309. The summed E-state index contributed by atoms with van der Waals surface area (Å²) in [5.41, 5.74) is 4.46. The fourth-order valence-corrected chi connectivity index (χ4v) is 3.33. The Morgan fingerprint density at radius 1 is 0.538 bits per heavy atom. The maximum absolute atomic E-state index is 5.94. The average Bonchev–Trinajstić information content (AvgIpc) is 2.73. The Morgan fingerprint density at radius 3 is 1.65 bits per heavy atom. The number of methoxy groups -OCH3 is 1. The van der Waals surface area contributed by atoms with Gasteiger partial charge in [-0.05, 0) is 28.0 Å². The molecular formula is C25H20O. The normalized spacial score (nSPS) is 10.5. The zero-order chi connectivity index (χ0) is 17.8. The third-order valence-corrected chi connectivity index (χ3v) is 4.57. The van der Waals surface area contributed by atoms with Crippen LogP contribution in [0.5, 0.6) is 0 Å². The lowest BCUT2D eigenvalue weighted by atomic mass is 9.93. The second-order valence-corrected chi connectivity index (χ2v) is 6.20. The SMILES string of the molecule is COC(=C(c1ccccc1)c1ccccc1)c1ccc2ccccc2c1. The summed E-state index contributed by atoms with van der Waals surface area (Å²) in [5, 5.41) is 2.44. The molecule has 1 nitrogen and oxygen atoms in total. The highest BCUT2D eigenvalue weighted by Crippen LogP contribution is 2.33. The lowest BCUT2D eigenvalue weighted by molar-refractivity contribution is 0.371. The van der Waals surface area contributed by atoms with E-state index in [1.165, 1.54) is 10.8 Å². The van der Waals surface area contributed by atoms with Crippen LogP contribution >= 0.6 is 0 Å². The monoisotopic (exact) mass is 336 g/mol. The molecule has 4 aromatic carbocycles. The van der Waals surface area contributed by atoms with Gasteiger partial charge in [-0.1, -0.05) is 97.1 Å². The van der Waals surface area contributed by atoms with Gasteiger partial charge in [-0.3, -0.25) is 0 Å². The second kappa shape index (κ2) is 7.28. The molecule has 4 aromatic rings. The maximum Gasteiger partial charge on any atom is 0.134 e. The number of fused-ring (bicyclic) bond motifs is 1. The van der Waals surface area contributed by atoms with E-state index in [0.717, 1.165) is 28.0 Å². The summed E-state index contributed by atoms with van der Waals surface area (Å²) < 4.78 is 5.94. The standard InChI is InChI=1S/C25H20O/c1-26-25(23-17-16-19-10-8-9-15-22(19)18-23)24(20-11-4-2-5-12-20)21-13-6-3-7-14-21/h2-18H,1H3. The smallest absolute Gasteiger partial charge is 0.134 e. The maximum atomic E-state index is 5.94. The Labute approximate surface area is 154 Å². The minimum Gasteiger partial charge on any atom is -0.495 e. The van der Waals surface area contributed by atoms with E-state index >= 15 is 0 Å². The van der Waals surface area contributed by atoms with Crippen LogP contribution in [-0.2, 0) is 4.74 Å². The number of benzene rings is 4. The van der Waals surface area contributed by atoms with Crippen molar-refractivity contribution in [3.63, 3.8) is 0 Å². The van der Waals surface area contributed by atoms with E-state index in [4.69, 9.17) is 4.74 Å². The van der Waals surface area contributed by atoms with Crippen molar-refractivity contribution in [3.8, 4) is 0 Å². The first-order valence-corrected chi connectivity index (χ1v) is 8.75. The fourth-order valence-electron chi connectivity index (χ4n) is 3.33. The zero-order valence-electron chi connectivity index (χ0n) is 14.7. The van der Waals surface area contributed by atoms with Crippen LogP contribution in [0.25, 0.3) is 22.1 Å². The first-order valence-electron chi connectivity index (χ1n) is 8.75. The summed E-state index contributed by atoms with van der Waals surface area (Å²) >= 11 is 0. The van der Waals surface area contributed by atoms with Crippen LogP contribution < -0.4 is 0 Å². The topological polar surface area (TPSA) is 9.23 Å². The molecule has 0 aromatic heterocycles. The van der Waals surface area contributed by atoms with Gasteiger partial charge in [0.2, 0.25) is 0 Å². The molecule has 0 N–H and O–H groups in total. The van der Waals surface area contributed by atoms with Crippen LogP contribution in [0.2, 0.25) is 0 Å². The van der Waals surface area contributed by atoms with E-state index in [2.05, 4.69) is 91.0 Å². The van der Waals surface area contributed by atoms with Gasteiger partial charge < -0.3 is 4.74 Å². The predicted molar refractivity (Wildman–Crippen MR) is 110 cm³/mol. The van der Waals surface area contributed by atoms with Crippen molar-refractivity contribution in [3.05, 3.63) is 120 Å². The molecule has 4 rings (SSSR count). The van der Waals surface area contributed by atoms with Crippen molar-refractivity contribution < 1.29 is 4.74 Å². The number of ether oxygens (including phenoxy) is 1. The van der Waals surface area contributed by atoms with Gasteiger partial charge in [0.25, 0.3) is 0 Å². The minimum absolute atomic E-state index is 0.883. The largest absolute Gasteiger partial charge is 0.495 e. The van der Waals surface area contributed by atoms with Gasteiger partial charge in [-0.2, -0.15) is 0 Å². The molecule has 0 radical (unpaired) electrons. The van der Waals surface area contributed by atoms with Crippen LogP contribution in [0.15, 0.2) is 103 Å². The molecule has 0 spiro atoms. The molecule has 126 valence electrons. The lowest BCUT2D eigenvalue weighted by Crippen LogP contribution is -1.97. The molecule has 26 heavy (non-hydrogen) atoms. The summed E-state index contributed by atoms with van der Waals surface area (Å²) in [6.07, 6.45) is 0. The zero-order valence-corrected chi connectivity index (χ0v) is 14.7. The van der Waals surface area contributed by atoms with E-state index in [-0.39, 0.29) is 0 Å². The fraction of sp³-hybridized carbons (Fsp3) is 0.0400. The van der Waals surface area contributed by atoms with Crippen molar-refractivity contribution >= 4 is 22.1 Å². The third-order valence-electron chi connectivity index (χ3n) is 4.57.